The highest BCUT2D eigenvalue weighted by atomic mass is 28.3. The van der Waals surface area contributed by atoms with Gasteiger partial charge < -0.3 is 0 Å². The van der Waals surface area contributed by atoms with Gasteiger partial charge in [0.05, 0.1) is 0 Å². The second kappa shape index (κ2) is 6.56. The molecule has 0 aliphatic heterocycles. The molecule has 1 aliphatic rings. The molecule has 0 aromatic heterocycles. The van der Waals surface area contributed by atoms with Crippen LogP contribution >= 0.6 is 0 Å². The summed E-state index contributed by atoms with van der Waals surface area (Å²) >= 11 is 0. The Balaban J connectivity index is 2.21. The van der Waals surface area contributed by atoms with Gasteiger partial charge in [-0.2, -0.15) is 0 Å². The van der Waals surface area contributed by atoms with Gasteiger partial charge in [-0.15, -0.1) is 0 Å². The SMILES string of the molecule is CC1=C(C)C([SiH](c2cc(C)cc(C)c2)c2cc(C)cc(C)c2)=CC1. The number of allylic oxidation sites excluding steroid dienone is 4. The number of rotatable bonds is 3. The molecule has 0 bridgehead atoms. The van der Waals surface area contributed by atoms with Crippen molar-refractivity contribution in [1.82, 2.24) is 0 Å². The summed E-state index contributed by atoms with van der Waals surface area (Å²) in [7, 11) is -1.41. The maximum atomic E-state index is 2.50. The van der Waals surface area contributed by atoms with Gasteiger partial charge in [0, 0.05) is 0 Å². The zero-order valence-electron chi connectivity index (χ0n) is 15.8. The van der Waals surface area contributed by atoms with Gasteiger partial charge in [-0.1, -0.05) is 91.4 Å². The first-order valence-corrected chi connectivity index (χ1v) is 10.6. The van der Waals surface area contributed by atoms with Crippen molar-refractivity contribution in [2.45, 2.75) is 48.0 Å². The number of benzene rings is 2. The lowest BCUT2D eigenvalue weighted by Gasteiger charge is -2.22. The number of aryl methyl sites for hydroxylation is 4. The first-order valence-electron chi connectivity index (χ1n) is 8.88. The van der Waals surface area contributed by atoms with Crippen LogP contribution in [-0.4, -0.2) is 8.80 Å². The van der Waals surface area contributed by atoms with Crippen molar-refractivity contribution in [3.8, 4) is 0 Å². The summed E-state index contributed by atoms with van der Waals surface area (Å²) in [5.74, 6) is 0. The summed E-state index contributed by atoms with van der Waals surface area (Å²) in [5, 5.41) is 4.73. The molecule has 0 heterocycles. The van der Waals surface area contributed by atoms with E-state index < -0.39 is 8.80 Å². The van der Waals surface area contributed by atoms with Crippen LogP contribution in [0.5, 0.6) is 0 Å². The smallest absolute Gasteiger partial charge is 0.0804 e. The largest absolute Gasteiger partial charge is 0.132 e. The van der Waals surface area contributed by atoms with Crippen molar-refractivity contribution in [2.75, 3.05) is 0 Å². The first kappa shape index (κ1) is 17.0. The van der Waals surface area contributed by atoms with Crippen molar-refractivity contribution < 1.29 is 0 Å². The molecule has 124 valence electrons. The monoisotopic (exact) mass is 332 g/mol. The Morgan fingerprint density at radius 3 is 1.38 bits per heavy atom. The molecule has 0 spiro atoms. The van der Waals surface area contributed by atoms with Crippen molar-refractivity contribution >= 4 is 19.2 Å². The average molecular weight is 333 g/mol. The van der Waals surface area contributed by atoms with Crippen LogP contribution in [0.25, 0.3) is 0 Å². The molecule has 0 radical (unpaired) electrons. The van der Waals surface area contributed by atoms with Crippen LogP contribution in [0, 0.1) is 27.7 Å². The van der Waals surface area contributed by atoms with Gasteiger partial charge in [0.25, 0.3) is 0 Å². The van der Waals surface area contributed by atoms with Gasteiger partial charge >= 0.3 is 0 Å². The van der Waals surface area contributed by atoms with E-state index in [0.29, 0.717) is 0 Å². The fourth-order valence-corrected chi connectivity index (χ4v) is 7.91. The second-order valence-electron chi connectivity index (χ2n) is 7.54. The van der Waals surface area contributed by atoms with Crippen LogP contribution < -0.4 is 10.4 Å². The zero-order valence-corrected chi connectivity index (χ0v) is 17.0. The minimum Gasteiger partial charge on any atom is -0.0804 e. The predicted molar refractivity (Wildman–Crippen MR) is 109 cm³/mol. The highest BCUT2D eigenvalue weighted by molar-refractivity contribution is 6.91. The first-order chi connectivity index (χ1) is 11.3. The molecule has 0 N–H and O–H groups in total. The minimum atomic E-state index is -1.41. The van der Waals surface area contributed by atoms with Crippen molar-refractivity contribution in [3.63, 3.8) is 0 Å². The summed E-state index contributed by atoms with van der Waals surface area (Å²) in [6.45, 7) is 13.5. The van der Waals surface area contributed by atoms with Gasteiger partial charge in [0.15, 0.2) is 0 Å². The number of hydrogen-bond donors (Lipinski definition) is 0. The lowest BCUT2D eigenvalue weighted by Crippen LogP contribution is -2.45. The van der Waals surface area contributed by atoms with E-state index in [2.05, 4.69) is 84.0 Å². The van der Waals surface area contributed by atoms with E-state index >= 15 is 0 Å². The third-order valence-electron chi connectivity index (χ3n) is 5.17. The summed E-state index contributed by atoms with van der Waals surface area (Å²) in [6, 6.07) is 14.3. The van der Waals surface area contributed by atoms with Crippen molar-refractivity contribution in [3.05, 3.63) is 81.1 Å². The third kappa shape index (κ3) is 3.32. The molecule has 0 amide bonds. The molecule has 2 aromatic rings. The molecule has 0 atom stereocenters. The summed E-state index contributed by atoms with van der Waals surface area (Å²) in [6.07, 6.45) is 3.62. The van der Waals surface area contributed by atoms with Crippen molar-refractivity contribution in [2.24, 2.45) is 0 Å². The highest BCUT2D eigenvalue weighted by Crippen LogP contribution is 2.27. The van der Waals surface area contributed by atoms with E-state index in [4.69, 9.17) is 0 Å². The average Bonchev–Trinajstić information content (AvgIpc) is 2.78. The van der Waals surface area contributed by atoms with Crippen LogP contribution in [0.2, 0.25) is 0 Å². The third-order valence-corrected chi connectivity index (χ3v) is 8.46. The Labute approximate surface area is 148 Å². The van der Waals surface area contributed by atoms with Crippen LogP contribution in [0.4, 0.5) is 0 Å². The maximum absolute atomic E-state index is 2.50. The Morgan fingerprint density at radius 2 is 1.04 bits per heavy atom. The Hall–Kier alpha value is -1.86. The summed E-state index contributed by atoms with van der Waals surface area (Å²) < 4.78 is 0. The maximum Gasteiger partial charge on any atom is 0.132 e. The van der Waals surface area contributed by atoms with Crippen molar-refractivity contribution in [1.29, 1.82) is 0 Å². The molecule has 0 unspecified atom stereocenters. The molecular weight excluding hydrogens is 304 g/mol. The summed E-state index contributed by atoms with van der Waals surface area (Å²) in [4.78, 5) is 0. The van der Waals surface area contributed by atoms with Gasteiger partial charge in [-0.25, -0.2) is 0 Å². The van der Waals surface area contributed by atoms with Crippen LogP contribution in [-0.2, 0) is 0 Å². The molecule has 24 heavy (non-hydrogen) atoms. The van der Waals surface area contributed by atoms with E-state index in [0.717, 1.165) is 6.42 Å². The summed E-state index contributed by atoms with van der Waals surface area (Å²) in [5.41, 5.74) is 8.58. The number of hydrogen-bond acceptors (Lipinski definition) is 0. The van der Waals surface area contributed by atoms with E-state index in [9.17, 15) is 0 Å². The highest BCUT2D eigenvalue weighted by Gasteiger charge is 2.26. The fourth-order valence-electron chi connectivity index (χ4n) is 4.05. The quantitative estimate of drug-likeness (QED) is 0.728. The molecular formula is C23H28Si. The Morgan fingerprint density at radius 1 is 0.625 bits per heavy atom. The molecule has 2 aromatic carbocycles. The normalized spacial score (nSPS) is 14.5. The Kier molecular flexibility index (Phi) is 4.64. The molecule has 0 fully saturated rings. The Bertz CT molecular complexity index is 760. The lowest BCUT2D eigenvalue weighted by molar-refractivity contribution is 1.22. The zero-order chi connectivity index (χ0) is 17.4. The predicted octanol–water partition coefficient (Wildman–Crippen LogP) is 4.47. The van der Waals surface area contributed by atoms with Gasteiger partial charge in [-0.3, -0.25) is 0 Å². The standard InChI is InChI=1S/C23H28Si/c1-15-9-16(2)12-21(11-15)24(23-8-7-19(5)20(23)6)22-13-17(3)10-18(4)14-22/h8-14,24H,7H2,1-6H3. The van der Waals surface area contributed by atoms with E-state index in [-0.39, 0.29) is 0 Å². The molecule has 0 saturated heterocycles. The topological polar surface area (TPSA) is 0 Å². The lowest BCUT2D eigenvalue weighted by atomic mass is 10.1. The molecule has 1 heteroatoms. The van der Waals surface area contributed by atoms with Crippen LogP contribution in [0.3, 0.4) is 0 Å². The van der Waals surface area contributed by atoms with Gasteiger partial charge in [0.1, 0.15) is 8.80 Å². The molecule has 3 rings (SSSR count). The van der Waals surface area contributed by atoms with Gasteiger partial charge in [0.2, 0.25) is 0 Å². The van der Waals surface area contributed by atoms with Gasteiger partial charge in [-0.05, 0) is 48.0 Å². The van der Waals surface area contributed by atoms with E-state index in [1.54, 1.807) is 15.6 Å². The molecule has 1 aliphatic carbocycles. The molecule has 0 nitrogen and oxygen atoms in total. The van der Waals surface area contributed by atoms with Crippen LogP contribution in [0.15, 0.2) is 58.8 Å². The second-order valence-corrected chi connectivity index (χ2v) is 10.4. The molecule has 0 saturated carbocycles. The van der Waals surface area contributed by atoms with E-state index in [1.807, 2.05) is 0 Å². The van der Waals surface area contributed by atoms with E-state index in [1.165, 1.54) is 33.4 Å². The fraction of sp³-hybridized carbons (Fsp3) is 0.304. The van der Waals surface area contributed by atoms with Crippen LogP contribution in [0.1, 0.15) is 42.5 Å². The minimum absolute atomic E-state index is 1.13.